The second-order valence-corrected chi connectivity index (χ2v) is 1.60. The molecule has 0 aliphatic heterocycles. The predicted octanol–water partition coefficient (Wildman–Crippen LogP) is -1.95. The summed E-state index contributed by atoms with van der Waals surface area (Å²) in [7, 11) is 0. The summed E-state index contributed by atoms with van der Waals surface area (Å²) in [5.41, 5.74) is 0. The molecule has 0 bridgehead atoms. The van der Waals surface area contributed by atoms with Gasteiger partial charge in [0.15, 0.2) is 0 Å². The van der Waals surface area contributed by atoms with Crippen LogP contribution < -0.4 is 24.0 Å². The van der Waals surface area contributed by atoms with Crippen LogP contribution in [-0.2, 0) is 0 Å². The van der Waals surface area contributed by atoms with Gasteiger partial charge in [0.25, 0.3) is 0 Å². The molecule has 0 aliphatic rings. The fraction of sp³-hybridized carbons (Fsp3) is 0.667. The molecule has 0 atom stereocenters. The van der Waals surface area contributed by atoms with Crippen LogP contribution >= 0.6 is 0 Å². The minimum atomic E-state index is 0. The third-order valence-electron chi connectivity index (χ3n) is 0.720. The Kier molecular flexibility index (Phi) is 9.82. The van der Waals surface area contributed by atoms with Crippen LogP contribution in [0.5, 0.6) is 0 Å². The van der Waals surface area contributed by atoms with Crippen molar-refractivity contribution in [1.29, 1.82) is 0 Å². The Morgan fingerprint density at radius 3 is 2.25 bits per heavy atom. The minimum Gasteiger partial charge on any atom is -0.876 e. The maximum atomic E-state index is 10.1. The Morgan fingerprint density at radius 2 is 2.12 bits per heavy atom. The van der Waals surface area contributed by atoms with E-state index in [-0.39, 0.29) is 24.6 Å². The summed E-state index contributed by atoms with van der Waals surface area (Å²) in [6.45, 7) is 3.63. The molecule has 0 heterocycles. The molecule has 0 unspecified atom stereocenters. The first-order chi connectivity index (χ1) is 3.27. The number of allylic oxidation sites excluding steroid dienone is 2. The Morgan fingerprint density at radius 1 is 1.62 bits per heavy atom. The molecule has 0 aromatic heterocycles. The molecule has 2 heteroatoms. The van der Waals surface area contributed by atoms with E-state index >= 15 is 0 Å². The van der Waals surface area contributed by atoms with E-state index in [1.165, 1.54) is 0 Å². The zero-order valence-electron chi connectivity index (χ0n) is 5.90. The van der Waals surface area contributed by atoms with E-state index in [9.17, 15) is 5.11 Å². The van der Waals surface area contributed by atoms with Gasteiger partial charge in [0.05, 0.1) is 0 Å². The van der Waals surface area contributed by atoms with Crippen molar-refractivity contribution >= 4 is 0 Å². The number of hydrogen-bond donors (Lipinski definition) is 0. The monoisotopic (exact) mass is 106 g/mol. The molecule has 8 heavy (non-hydrogen) atoms. The maximum Gasteiger partial charge on any atom is 1.00 e. The third kappa shape index (κ3) is 9.46. The maximum absolute atomic E-state index is 10.1. The van der Waals surface area contributed by atoms with Crippen LogP contribution in [0.4, 0.5) is 0 Å². The van der Waals surface area contributed by atoms with Crippen molar-refractivity contribution in [3.63, 3.8) is 0 Å². The Balaban J connectivity index is 0. The summed E-state index contributed by atoms with van der Waals surface area (Å²) in [5, 5.41) is 10.1. The number of hydrogen-bond acceptors (Lipinski definition) is 1. The molecule has 0 fully saturated rings. The van der Waals surface area contributed by atoms with Gasteiger partial charge in [-0.3, -0.25) is 0 Å². The second-order valence-electron chi connectivity index (χ2n) is 1.60. The van der Waals surface area contributed by atoms with Crippen molar-refractivity contribution in [3.8, 4) is 0 Å². The van der Waals surface area contributed by atoms with E-state index in [1.54, 1.807) is 13.0 Å². The van der Waals surface area contributed by atoms with E-state index in [4.69, 9.17) is 0 Å². The normalized spacial score (nSPS) is 10.5. The van der Waals surface area contributed by atoms with Crippen LogP contribution in [0.1, 0.15) is 26.7 Å². The molecule has 0 aliphatic carbocycles. The predicted molar refractivity (Wildman–Crippen MR) is 28.7 cm³/mol. The van der Waals surface area contributed by atoms with Gasteiger partial charge < -0.3 is 5.11 Å². The van der Waals surface area contributed by atoms with Crippen molar-refractivity contribution in [1.82, 2.24) is 0 Å². The summed E-state index contributed by atoms with van der Waals surface area (Å²) in [6, 6.07) is 0. The molecule has 0 aromatic carbocycles. The van der Waals surface area contributed by atoms with Crippen molar-refractivity contribution < 1.29 is 24.0 Å². The molecule has 0 saturated heterocycles. The van der Waals surface area contributed by atoms with Gasteiger partial charge in [-0.1, -0.05) is 26.3 Å². The smallest absolute Gasteiger partial charge is 0.876 e. The summed E-state index contributed by atoms with van der Waals surface area (Å²) >= 11 is 0. The molecule has 0 aromatic rings. The van der Waals surface area contributed by atoms with Gasteiger partial charge in [-0.05, 0) is 6.42 Å². The molecule has 0 saturated carbocycles. The van der Waals surface area contributed by atoms with Crippen LogP contribution in [0, 0.1) is 0 Å². The fourth-order valence-corrected chi connectivity index (χ4v) is 0.348. The van der Waals surface area contributed by atoms with Crippen LogP contribution in [0.2, 0.25) is 0 Å². The molecular weight excluding hydrogens is 95.0 g/mol. The fourth-order valence-electron chi connectivity index (χ4n) is 0.348. The first-order valence-corrected chi connectivity index (χ1v) is 2.61. The van der Waals surface area contributed by atoms with E-state index in [1.807, 2.05) is 0 Å². The van der Waals surface area contributed by atoms with Gasteiger partial charge in [-0.25, -0.2) is 0 Å². The average Bonchev–Trinajstić information content (AvgIpc) is 1.61. The third-order valence-corrected chi connectivity index (χ3v) is 0.720. The van der Waals surface area contributed by atoms with Crippen molar-refractivity contribution in [2.45, 2.75) is 26.7 Å². The van der Waals surface area contributed by atoms with Crippen LogP contribution in [-0.4, -0.2) is 0 Å². The molecular formula is C6H11LiO. The standard InChI is InChI=1S/C6H12O.Li/c1-3-4-5-6(2)7;/h5,7H,3-4H2,1-2H3;/q;+1/p-1/b6-5-;. The summed E-state index contributed by atoms with van der Waals surface area (Å²) in [4.78, 5) is 0. The number of unbranched alkanes of at least 4 members (excludes halogenated alkanes) is 1. The van der Waals surface area contributed by atoms with Gasteiger partial charge in [0.1, 0.15) is 0 Å². The minimum absolute atomic E-state index is 0. The van der Waals surface area contributed by atoms with Gasteiger partial charge in [0.2, 0.25) is 0 Å². The quantitative estimate of drug-likeness (QED) is 0.296. The summed E-state index contributed by atoms with van der Waals surface area (Å²) in [6.07, 6.45) is 3.70. The van der Waals surface area contributed by atoms with Gasteiger partial charge in [-0.2, -0.15) is 0 Å². The SMILES string of the molecule is CCC/C=C(/C)[O-].[Li+]. The van der Waals surface area contributed by atoms with E-state index < -0.39 is 0 Å². The zero-order chi connectivity index (χ0) is 5.70. The van der Waals surface area contributed by atoms with Crippen molar-refractivity contribution in [2.24, 2.45) is 0 Å². The number of rotatable bonds is 2. The van der Waals surface area contributed by atoms with Crippen molar-refractivity contribution in [3.05, 3.63) is 11.8 Å². The van der Waals surface area contributed by atoms with Crippen LogP contribution in [0.25, 0.3) is 0 Å². The molecule has 0 N–H and O–H groups in total. The first kappa shape index (κ1) is 11.0. The summed E-state index contributed by atoms with van der Waals surface area (Å²) < 4.78 is 0. The van der Waals surface area contributed by atoms with E-state index in [0.717, 1.165) is 12.8 Å². The van der Waals surface area contributed by atoms with E-state index in [2.05, 4.69) is 6.92 Å². The largest absolute Gasteiger partial charge is 1.00 e. The second kappa shape index (κ2) is 7.14. The van der Waals surface area contributed by atoms with Crippen molar-refractivity contribution in [2.75, 3.05) is 0 Å². The molecule has 0 spiro atoms. The topological polar surface area (TPSA) is 23.1 Å². The van der Waals surface area contributed by atoms with Gasteiger partial charge >= 0.3 is 18.9 Å². The molecule has 0 radical (unpaired) electrons. The molecule has 1 nitrogen and oxygen atoms in total. The molecule has 0 rings (SSSR count). The van der Waals surface area contributed by atoms with Crippen LogP contribution in [0.3, 0.4) is 0 Å². The zero-order valence-corrected chi connectivity index (χ0v) is 5.90. The van der Waals surface area contributed by atoms with Gasteiger partial charge in [0, 0.05) is 0 Å². The Hall–Kier alpha value is 0.137. The average molecular weight is 106 g/mol. The Bertz CT molecular complexity index is 64.9. The van der Waals surface area contributed by atoms with Gasteiger partial charge in [-0.15, -0.1) is 5.76 Å². The summed E-state index contributed by atoms with van der Waals surface area (Å²) in [5.74, 6) is 0.182. The first-order valence-electron chi connectivity index (χ1n) is 2.61. The van der Waals surface area contributed by atoms with E-state index in [0.29, 0.717) is 0 Å². The van der Waals surface area contributed by atoms with Crippen LogP contribution in [0.15, 0.2) is 11.8 Å². The molecule has 42 valence electrons. The Labute approximate surface area is 63.0 Å². The molecule has 0 amide bonds.